The van der Waals surface area contributed by atoms with Crippen LogP contribution in [0.25, 0.3) is 0 Å². The Balaban J connectivity index is 2.35. The molecule has 19 heavy (non-hydrogen) atoms. The summed E-state index contributed by atoms with van der Waals surface area (Å²) >= 11 is 3.35. The minimum atomic E-state index is -0.547. The predicted molar refractivity (Wildman–Crippen MR) is 74.3 cm³/mol. The van der Waals surface area contributed by atoms with Crippen molar-refractivity contribution < 1.29 is 9.66 Å². The molecule has 0 saturated heterocycles. The number of nitrogens with two attached hydrogens (primary N) is 1. The average Bonchev–Trinajstić information content (AvgIpc) is 2.32. The molecule has 0 bridgehead atoms. The predicted octanol–water partition coefficient (Wildman–Crippen LogP) is 3.44. The van der Waals surface area contributed by atoms with E-state index in [0.717, 1.165) is 10.0 Å². The number of ether oxygens (including phenoxy) is 1. The fraction of sp³-hybridized carbons (Fsp3) is 0.0833. The number of nitro groups is 1. The minimum Gasteiger partial charge on any atom is -0.438 e. The van der Waals surface area contributed by atoms with E-state index in [4.69, 9.17) is 10.5 Å². The Bertz CT molecular complexity index is 646. The van der Waals surface area contributed by atoms with E-state index in [0.29, 0.717) is 5.75 Å². The highest BCUT2D eigenvalue weighted by atomic mass is 79.9. The quantitative estimate of drug-likeness (QED) is 0.690. The number of anilines is 1. The van der Waals surface area contributed by atoms with E-state index in [9.17, 15) is 10.1 Å². The van der Waals surface area contributed by atoms with Crippen molar-refractivity contribution in [3.8, 4) is 11.6 Å². The van der Waals surface area contributed by atoms with Crippen LogP contribution in [0.2, 0.25) is 0 Å². The van der Waals surface area contributed by atoms with Crippen molar-refractivity contribution in [3.63, 3.8) is 0 Å². The number of nitrogens with zero attached hydrogens (tertiary/aromatic N) is 2. The van der Waals surface area contributed by atoms with Gasteiger partial charge in [-0.1, -0.05) is 6.07 Å². The molecule has 0 aliphatic rings. The van der Waals surface area contributed by atoms with Crippen LogP contribution in [0.15, 0.2) is 34.8 Å². The van der Waals surface area contributed by atoms with E-state index in [-0.39, 0.29) is 17.4 Å². The van der Waals surface area contributed by atoms with Crippen molar-refractivity contribution in [2.24, 2.45) is 0 Å². The summed E-state index contributed by atoms with van der Waals surface area (Å²) in [5.41, 5.74) is 6.41. The molecule has 2 aromatic rings. The van der Waals surface area contributed by atoms with Crippen molar-refractivity contribution >= 4 is 27.4 Å². The maximum atomic E-state index is 10.7. The molecule has 0 fully saturated rings. The zero-order chi connectivity index (χ0) is 14.0. The highest BCUT2D eigenvalue weighted by molar-refractivity contribution is 9.10. The van der Waals surface area contributed by atoms with Crippen LogP contribution in [0, 0.1) is 17.0 Å². The van der Waals surface area contributed by atoms with E-state index >= 15 is 0 Å². The number of aromatic nitrogens is 1. The summed E-state index contributed by atoms with van der Waals surface area (Å²) in [4.78, 5) is 14.1. The van der Waals surface area contributed by atoms with Crippen LogP contribution >= 0.6 is 15.9 Å². The van der Waals surface area contributed by atoms with Crippen LogP contribution < -0.4 is 10.5 Å². The first-order valence-electron chi connectivity index (χ1n) is 5.31. The Hall–Kier alpha value is -2.15. The standard InChI is InChI=1S/C12H10BrN3O3/c1-7-2-3-10(9(13)4-7)19-12-6-8(16(17)18)5-11(14)15-12/h2-6H,1H3,(H2,14,15). The van der Waals surface area contributed by atoms with Gasteiger partial charge in [-0.05, 0) is 40.5 Å². The lowest BCUT2D eigenvalue weighted by Gasteiger charge is -2.07. The largest absolute Gasteiger partial charge is 0.438 e. The van der Waals surface area contributed by atoms with E-state index < -0.39 is 4.92 Å². The van der Waals surface area contributed by atoms with Gasteiger partial charge in [0, 0.05) is 0 Å². The molecule has 0 saturated carbocycles. The van der Waals surface area contributed by atoms with Crippen LogP contribution in [0.1, 0.15) is 5.56 Å². The molecule has 2 N–H and O–H groups in total. The van der Waals surface area contributed by atoms with Gasteiger partial charge in [0.05, 0.1) is 21.5 Å². The summed E-state index contributed by atoms with van der Waals surface area (Å²) in [7, 11) is 0. The van der Waals surface area contributed by atoms with Crippen LogP contribution in [0.5, 0.6) is 11.6 Å². The number of aryl methyl sites for hydroxylation is 1. The maximum Gasteiger partial charge on any atom is 0.278 e. The zero-order valence-electron chi connectivity index (χ0n) is 9.96. The van der Waals surface area contributed by atoms with Crippen LogP contribution in [0.4, 0.5) is 11.5 Å². The first-order chi connectivity index (χ1) is 8.95. The highest BCUT2D eigenvalue weighted by Gasteiger charge is 2.12. The molecule has 6 nitrogen and oxygen atoms in total. The number of benzene rings is 1. The molecule has 0 aliphatic carbocycles. The summed E-state index contributed by atoms with van der Waals surface area (Å²) in [6.07, 6.45) is 0. The van der Waals surface area contributed by atoms with Crippen LogP contribution in [-0.4, -0.2) is 9.91 Å². The third-order valence-corrected chi connectivity index (χ3v) is 2.94. The Kier molecular flexibility index (Phi) is 3.66. The second kappa shape index (κ2) is 5.23. The summed E-state index contributed by atoms with van der Waals surface area (Å²) in [6.45, 7) is 1.94. The molecule has 0 radical (unpaired) electrons. The van der Waals surface area contributed by atoms with Crippen molar-refractivity contribution in [1.29, 1.82) is 0 Å². The van der Waals surface area contributed by atoms with Crippen molar-refractivity contribution in [2.75, 3.05) is 5.73 Å². The number of hydrogen-bond donors (Lipinski definition) is 1. The molecular formula is C12H10BrN3O3. The average molecular weight is 324 g/mol. The molecule has 98 valence electrons. The molecule has 1 aromatic carbocycles. The molecule has 1 heterocycles. The number of hydrogen-bond acceptors (Lipinski definition) is 5. The van der Waals surface area contributed by atoms with Crippen molar-refractivity contribution in [1.82, 2.24) is 4.98 Å². The van der Waals surface area contributed by atoms with Gasteiger partial charge >= 0.3 is 0 Å². The Labute approximate surface area is 117 Å². The number of halogens is 1. The van der Waals surface area contributed by atoms with E-state index in [1.165, 1.54) is 12.1 Å². The SMILES string of the molecule is Cc1ccc(Oc2cc([N+](=O)[O-])cc(N)n2)c(Br)c1. The molecule has 0 spiro atoms. The second-order valence-electron chi connectivity index (χ2n) is 3.88. The van der Waals surface area contributed by atoms with Gasteiger partial charge in [0.2, 0.25) is 5.88 Å². The third-order valence-electron chi connectivity index (χ3n) is 2.32. The Morgan fingerprint density at radius 1 is 1.37 bits per heavy atom. The molecule has 0 amide bonds. The van der Waals surface area contributed by atoms with Crippen molar-refractivity contribution in [2.45, 2.75) is 6.92 Å². The lowest BCUT2D eigenvalue weighted by atomic mass is 10.2. The van der Waals surface area contributed by atoms with Gasteiger partial charge in [0.25, 0.3) is 5.69 Å². The minimum absolute atomic E-state index is 0.0347. The van der Waals surface area contributed by atoms with E-state index in [1.807, 2.05) is 19.1 Å². The van der Waals surface area contributed by atoms with Gasteiger partial charge in [0.15, 0.2) is 0 Å². The lowest BCUT2D eigenvalue weighted by molar-refractivity contribution is -0.384. The Morgan fingerprint density at radius 2 is 2.11 bits per heavy atom. The van der Waals surface area contributed by atoms with Crippen LogP contribution in [0.3, 0.4) is 0 Å². The normalized spacial score (nSPS) is 10.2. The molecular weight excluding hydrogens is 314 g/mol. The van der Waals surface area contributed by atoms with Crippen molar-refractivity contribution in [3.05, 3.63) is 50.5 Å². The zero-order valence-corrected chi connectivity index (χ0v) is 11.5. The topological polar surface area (TPSA) is 91.3 Å². The number of rotatable bonds is 3. The smallest absolute Gasteiger partial charge is 0.278 e. The Morgan fingerprint density at radius 3 is 2.74 bits per heavy atom. The number of nitrogen functional groups attached to an aromatic ring is 1. The summed E-state index contributed by atoms with van der Waals surface area (Å²) in [6, 6.07) is 7.88. The monoisotopic (exact) mass is 323 g/mol. The van der Waals surface area contributed by atoms with Gasteiger partial charge in [-0.15, -0.1) is 0 Å². The fourth-order valence-electron chi connectivity index (χ4n) is 1.47. The van der Waals surface area contributed by atoms with Crippen LogP contribution in [-0.2, 0) is 0 Å². The van der Waals surface area contributed by atoms with Gasteiger partial charge in [-0.25, -0.2) is 0 Å². The first kappa shape index (κ1) is 13.3. The van der Waals surface area contributed by atoms with E-state index in [1.54, 1.807) is 6.07 Å². The van der Waals surface area contributed by atoms with Gasteiger partial charge in [-0.2, -0.15) is 4.98 Å². The molecule has 7 heteroatoms. The number of pyridine rings is 1. The summed E-state index contributed by atoms with van der Waals surface area (Å²) < 4.78 is 6.23. The summed E-state index contributed by atoms with van der Waals surface area (Å²) in [5.74, 6) is 0.627. The fourth-order valence-corrected chi connectivity index (χ4v) is 2.04. The van der Waals surface area contributed by atoms with Gasteiger partial charge < -0.3 is 10.5 Å². The van der Waals surface area contributed by atoms with E-state index in [2.05, 4.69) is 20.9 Å². The van der Waals surface area contributed by atoms with Gasteiger partial charge in [-0.3, -0.25) is 10.1 Å². The molecule has 1 aromatic heterocycles. The summed E-state index contributed by atoms with van der Waals surface area (Å²) in [5, 5.41) is 10.7. The molecule has 0 aliphatic heterocycles. The second-order valence-corrected chi connectivity index (χ2v) is 4.74. The third kappa shape index (κ3) is 3.19. The lowest BCUT2D eigenvalue weighted by Crippen LogP contribution is -1.97. The molecule has 2 rings (SSSR count). The first-order valence-corrected chi connectivity index (χ1v) is 6.11. The maximum absolute atomic E-state index is 10.7. The molecule has 0 atom stereocenters. The highest BCUT2D eigenvalue weighted by Crippen LogP contribution is 2.31. The molecule has 0 unspecified atom stereocenters. The van der Waals surface area contributed by atoms with Gasteiger partial charge in [0.1, 0.15) is 11.6 Å².